The first-order chi connectivity index (χ1) is 7.84. The summed E-state index contributed by atoms with van der Waals surface area (Å²) in [6.07, 6.45) is 5.39. The topological polar surface area (TPSA) is 17.1 Å². The third-order valence-corrected chi connectivity index (χ3v) is 4.67. The molecule has 2 unspecified atom stereocenters. The van der Waals surface area contributed by atoms with Crippen LogP contribution in [-0.4, -0.2) is 5.78 Å². The Morgan fingerprint density at radius 1 is 1.06 bits per heavy atom. The van der Waals surface area contributed by atoms with E-state index in [1.165, 1.54) is 22.6 Å². The molecule has 2 atom stereocenters. The van der Waals surface area contributed by atoms with E-state index in [1.54, 1.807) is 11.8 Å². The summed E-state index contributed by atoms with van der Waals surface area (Å²) in [6, 6.07) is 10.3. The van der Waals surface area contributed by atoms with Crippen LogP contribution < -0.4 is 0 Å². The van der Waals surface area contributed by atoms with Gasteiger partial charge in [0.2, 0.25) is 0 Å². The number of allylic oxidation sites excluding steroid dienone is 2. The maximum atomic E-state index is 11.8. The number of hydrogen-bond donors (Lipinski definition) is 0. The van der Waals surface area contributed by atoms with Gasteiger partial charge in [-0.15, -0.1) is 0 Å². The summed E-state index contributed by atoms with van der Waals surface area (Å²) in [5.41, 5.74) is 0. The Hall–Kier alpha value is -1.02. The van der Waals surface area contributed by atoms with Gasteiger partial charge in [-0.05, 0) is 36.0 Å². The van der Waals surface area contributed by atoms with E-state index in [2.05, 4.69) is 12.1 Å². The zero-order valence-electron chi connectivity index (χ0n) is 9.06. The van der Waals surface area contributed by atoms with Crippen LogP contribution >= 0.6 is 11.8 Å². The van der Waals surface area contributed by atoms with E-state index in [4.69, 9.17) is 0 Å². The highest BCUT2D eigenvalue weighted by Crippen LogP contribution is 2.48. The fourth-order valence-electron chi connectivity index (χ4n) is 2.73. The van der Waals surface area contributed by atoms with E-state index < -0.39 is 0 Å². The van der Waals surface area contributed by atoms with Crippen molar-refractivity contribution in [2.75, 3.05) is 0 Å². The standard InChI is InChI=1S/C14H14OS/c15-13-9-14(12-8-4-7-11(12)13)16-10-5-2-1-3-6-10/h1-3,5-6,9,11-12H,4,7-8H2. The molecule has 1 aromatic carbocycles. The second kappa shape index (κ2) is 4.10. The van der Waals surface area contributed by atoms with Crippen molar-refractivity contribution < 1.29 is 4.79 Å². The van der Waals surface area contributed by atoms with E-state index >= 15 is 0 Å². The highest BCUT2D eigenvalue weighted by molar-refractivity contribution is 8.03. The Labute approximate surface area is 99.9 Å². The van der Waals surface area contributed by atoms with Crippen molar-refractivity contribution in [2.24, 2.45) is 11.8 Å². The first kappa shape index (κ1) is 10.2. The van der Waals surface area contributed by atoms with Crippen LogP contribution in [0.4, 0.5) is 0 Å². The second-order valence-corrected chi connectivity index (χ2v) is 5.66. The average molecular weight is 230 g/mol. The molecule has 82 valence electrons. The van der Waals surface area contributed by atoms with Crippen LogP contribution in [0.1, 0.15) is 19.3 Å². The van der Waals surface area contributed by atoms with Gasteiger partial charge in [0.15, 0.2) is 5.78 Å². The van der Waals surface area contributed by atoms with Crippen LogP contribution in [0, 0.1) is 11.8 Å². The third-order valence-electron chi connectivity index (χ3n) is 3.51. The van der Waals surface area contributed by atoms with Crippen LogP contribution in [-0.2, 0) is 4.79 Å². The van der Waals surface area contributed by atoms with E-state index in [-0.39, 0.29) is 0 Å². The monoisotopic (exact) mass is 230 g/mol. The molecule has 0 heterocycles. The lowest BCUT2D eigenvalue weighted by molar-refractivity contribution is -0.117. The predicted molar refractivity (Wildman–Crippen MR) is 66.2 cm³/mol. The molecule has 0 aliphatic heterocycles. The Kier molecular flexibility index (Phi) is 2.60. The zero-order valence-corrected chi connectivity index (χ0v) is 9.87. The zero-order chi connectivity index (χ0) is 11.0. The van der Waals surface area contributed by atoms with Crippen LogP contribution in [0.3, 0.4) is 0 Å². The molecule has 2 heteroatoms. The molecule has 0 aromatic heterocycles. The molecule has 1 nitrogen and oxygen atoms in total. The lowest BCUT2D eigenvalue weighted by Crippen LogP contribution is -2.09. The largest absolute Gasteiger partial charge is 0.294 e. The second-order valence-electron chi connectivity index (χ2n) is 4.51. The Morgan fingerprint density at radius 2 is 1.81 bits per heavy atom. The number of carbonyl (C=O) groups excluding carboxylic acids is 1. The number of fused-ring (bicyclic) bond motifs is 1. The number of rotatable bonds is 2. The molecular formula is C14H14OS. The highest BCUT2D eigenvalue weighted by Gasteiger charge is 2.39. The van der Waals surface area contributed by atoms with Crippen molar-refractivity contribution in [3.8, 4) is 0 Å². The van der Waals surface area contributed by atoms with Crippen LogP contribution in [0.2, 0.25) is 0 Å². The summed E-state index contributed by atoms with van der Waals surface area (Å²) in [6.45, 7) is 0. The number of carbonyl (C=O) groups is 1. The molecule has 2 aliphatic carbocycles. The first-order valence-corrected chi connectivity index (χ1v) is 6.64. The summed E-state index contributed by atoms with van der Waals surface area (Å²) in [7, 11) is 0. The molecule has 16 heavy (non-hydrogen) atoms. The van der Waals surface area contributed by atoms with E-state index in [9.17, 15) is 4.79 Å². The molecule has 0 radical (unpaired) electrons. The molecule has 1 aromatic rings. The number of thioether (sulfide) groups is 1. The Morgan fingerprint density at radius 3 is 2.62 bits per heavy atom. The SMILES string of the molecule is O=C1C=C(Sc2ccccc2)C2CCCC12. The lowest BCUT2D eigenvalue weighted by Gasteiger charge is -2.12. The molecule has 3 rings (SSSR count). The smallest absolute Gasteiger partial charge is 0.160 e. The summed E-state index contributed by atoms with van der Waals surface area (Å²) in [4.78, 5) is 14.3. The number of benzene rings is 1. The summed E-state index contributed by atoms with van der Waals surface area (Å²) >= 11 is 1.77. The summed E-state index contributed by atoms with van der Waals surface area (Å²) in [5, 5.41) is 0. The minimum absolute atomic E-state index is 0.311. The van der Waals surface area contributed by atoms with E-state index in [0.717, 1.165) is 6.42 Å². The van der Waals surface area contributed by atoms with Crippen LogP contribution in [0.5, 0.6) is 0 Å². The van der Waals surface area contributed by atoms with Crippen molar-refractivity contribution in [3.63, 3.8) is 0 Å². The minimum atomic E-state index is 0.311. The van der Waals surface area contributed by atoms with Gasteiger partial charge in [0.05, 0.1) is 0 Å². The Balaban J connectivity index is 1.81. The van der Waals surface area contributed by atoms with Crippen molar-refractivity contribution in [3.05, 3.63) is 41.3 Å². The van der Waals surface area contributed by atoms with Crippen LogP contribution in [0.25, 0.3) is 0 Å². The summed E-state index contributed by atoms with van der Waals surface area (Å²) in [5.74, 6) is 1.20. The minimum Gasteiger partial charge on any atom is -0.294 e. The average Bonchev–Trinajstić information content (AvgIpc) is 2.87. The van der Waals surface area contributed by atoms with Gasteiger partial charge in [0.1, 0.15) is 0 Å². The molecule has 0 saturated heterocycles. The molecular weight excluding hydrogens is 216 g/mol. The van der Waals surface area contributed by atoms with E-state index in [0.29, 0.717) is 17.6 Å². The molecule has 1 saturated carbocycles. The molecule has 0 spiro atoms. The van der Waals surface area contributed by atoms with Gasteiger partial charge in [0.25, 0.3) is 0 Å². The molecule has 0 bridgehead atoms. The van der Waals surface area contributed by atoms with Gasteiger partial charge in [-0.25, -0.2) is 0 Å². The Bertz CT molecular complexity index is 435. The first-order valence-electron chi connectivity index (χ1n) is 5.83. The molecule has 2 aliphatic rings. The van der Waals surface area contributed by atoms with Crippen molar-refractivity contribution >= 4 is 17.5 Å². The van der Waals surface area contributed by atoms with Crippen molar-refractivity contribution in [1.29, 1.82) is 0 Å². The van der Waals surface area contributed by atoms with Crippen LogP contribution in [0.15, 0.2) is 46.2 Å². The molecule has 1 fully saturated rings. The molecule has 0 amide bonds. The highest BCUT2D eigenvalue weighted by atomic mass is 32.2. The molecule has 0 N–H and O–H groups in total. The normalized spacial score (nSPS) is 28.0. The van der Waals surface area contributed by atoms with E-state index in [1.807, 2.05) is 24.3 Å². The van der Waals surface area contributed by atoms with Gasteiger partial charge in [0, 0.05) is 16.7 Å². The van der Waals surface area contributed by atoms with Gasteiger partial charge in [-0.1, -0.05) is 36.4 Å². The van der Waals surface area contributed by atoms with Gasteiger partial charge >= 0.3 is 0 Å². The fraction of sp³-hybridized carbons (Fsp3) is 0.357. The maximum absolute atomic E-state index is 11.8. The van der Waals surface area contributed by atoms with Crippen molar-refractivity contribution in [1.82, 2.24) is 0 Å². The summed E-state index contributed by atoms with van der Waals surface area (Å²) < 4.78 is 0. The predicted octanol–water partition coefficient (Wildman–Crippen LogP) is 3.66. The number of ketones is 1. The quantitative estimate of drug-likeness (QED) is 0.771. The van der Waals surface area contributed by atoms with Gasteiger partial charge in [-0.2, -0.15) is 0 Å². The third kappa shape index (κ3) is 1.71. The van der Waals surface area contributed by atoms with Gasteiger partial charge in [-0.3, -0.25) is 4.79 Å². The van der Waals surface area contributed by atoms with Crippen molar-refractivity contribution in [2.45, 2.75) is 24.2 Å². The fourth-order valence-corrected chi connectivity index (χ4v) is 3.90. The van der Waals surface area contributed by atoms with Gasteiger partial charge < -0.3 is 0 Å². The number of hydrogen-bond acceptors (Lipinski definition) is 2. The maximum Gasteiger partial charge on any atom is 0.160 e. The lowest BCUT2D eigenvalue weighted by atomic mass is 9.99.